The normalized spacial score (nSPS) is 14.4. The summed E-state index contributed by atoms with van der Waals surface area (Å²) in [5, 5.41) is 37.5. The van der Waals surface area contributed by atoms with Crippen molar-refractivity contribution in [3.63, 3.8) is 0 Å². The van der Waals surface area contributed by atoms with E-state index in [4.69, 9.17) is 10.2 Å². The van der Waals surface area contributed by atoms with Gasteiger partial charge in [0.05, 0.1) is 11.1 Å². The number of alkyl halides is 12. The molecule has 0 heterocycles. The molecular weight excluding hydrogens is 516 g/mol. The summed E-state index contributed by atoms with van der Waals surface area (Å²) in [6, 6.07) is 0. The molecular formula is C16H10F12O6. The highest BCUT2D eigenvalue weighted by atomic mass is 19.4. The highest BCUT2D eigenvalue weighted by Crippen LogP contribution is 2.57. The van der Waals surface area contributed by atoms with Crippen molar-refractivity contribution >= 4 is 11.9 Å². The highest BCUT2D eigenvalue weighted by Gasteiger charge is 2.75. The van der Waals surface area contributed by atoms with E-state index in [0.29, 0.717) is 0 Å². The molecule has 0 spiro atoms. The van der Waals surface area contributed by atoms with Crippen LogP contribution < -0.4 is 0 Å². The number of hydrogen-bond acceptors (Lipinski definition) is 4. The zero-order valence-corrected chi connectivity index (χ0v) is 16.1. The van der Waals surface area contributed by atoms with Gasteiger partial charge in [0, 0.05) is 11.1 Å². The standard InChI is InChI=1S/C16H10F12O6/c1-3-5(9(29)30)8(12(34,15(23,24)25)16(26,27)28)4(2)6(10(31)32)7(3)11(33,13(17,18)19)14(20,21)22/h33-34H,1-2H3,(H,29,30)(H,31,32). The Hall–Kier alpha value is -2.76. The molecule has 0 saturated carbocycles. The molecule has 0 aliphatic rings. The van der Waals surface area contributed by atoms with Gasteiger partial charge in [-0.1, -0.05) is 0 Å². The lowest BCUT2D eigenvalue weighted by atomic mass is 9.74. The summed E-state index contributed by atoms with van der Waals surface area (Å²) in [4.78, 5) is 23.0. The third-order valence-corrected chi connectivity index (χ3v) is 4.79. The van der Waals surface area contributed by atoms with Gasteiger partial charge in [0.25, 0.3) is 11.2 Å². The predicted octanol–water partition coefficient (Wildman–Crippen LogP) is 4.32. The van der Waals surface area contributed by atoms with Gasteiger partial charge in [-0.2, -0.15) is 52.7 Å². The molecule has 0 fully saturated rings. The van der Waals surface area contributed by atoms with Crippen LogP contribution in [0, 0.1) is 13.8 Å². The number of aromatic carboxylic acids is 2. The molecule has 0 radical (unpaired) electrons. The fraction of sp³-hybridized carbons (Fsp3) is 0.500. The first kappa shape index (κ1) is 29.3. The van der Waals surface area contributed by atoms with E-state index in [1.165, 1.54) is 0 Å². The molecule has 0 amide bonds. The monoisotopic (exact) mass is 526 g/mol. The Balaban J connectivity index is 4.73. The molecule has 0 aromatic heterocycles. The van der Waals surface area contributed by atoms with E-state index >= 15 is 0 Å². The first-order chi connectivity index (χ1) is 14.7. The van der Waals surface area contributed by atoms with Crippen LogP contribution in [0.4, 0.5) is 52.7 Å². The van der Waals surface area contributed by atoms with Crippen molar-refractivity contribution in [1.82, 2.24) is 0 Å². The lowest BCUT2D eigenvalue weighted by molar-refractivity contribution is -0.378. The van der Waals surface area contributed by atoms with E-state index in [2.05, 4.69) is 0 Å². The second kappa shape index (κ2) is 7.89. The molecule has 1 rings (SSSR count). The van der Waals surface area contributed by atoms with Gasteiger partial charge in [-0.15, -0.1) is 0 Å². The summed E-state index contributed by atoms with van der Waals surface area (Å²) >= 11 is 0. The summed E-state index contributed by atoms with van der Waals surface area (Å²) in [5.74, 6) is -6.01. The summed E-state index contributed by atoms with van der Waals surface area (Å²) in [7, 11) is 0. The Labute approximate surface area is 179 Å². The summed E-state index contributed by atoms with van der Waals surface area (Å²) in [6.07, 6.45) is -27.6. The second-order valence-electron chi connectivity index (χ2n) is 6.77. The summed E-state index contributed by atoms with van der Waals surface area (Å²) in [5.41, 5.74) is -28.1. The SMILES string of the molecule is Cc1c(C(=O)O)c(C(O)(C(F)(F)F)C(F)(F)F)c(C)c(C(=O)O)c1C(O)(C(F)(F)F)C(F)(F)F. The molecule has 0 saturated heterocycles. The Kier molecular flexibility index (Phi) is 6.79. The minimum atomic E-state index is -6.91. The Morgan fingerprint density at radius 2 is 0.706 bits per heavy atom. The average Bonchev–Trinajstić information content (AvgIpc) is 2.56. The molecule has 0 aliphatic carbocycles. The average molecular weight is 526 g/mol. The van der Waals surface area contributed by atoms with E-state index in [-0.39, 0.29) is 13.8 Å². The maximum Gasteiger partial charge on any atom is 0.430 e. The molecule has 18 heteroatoms. The maximum absolute atomic E-state index is 13.4. The van der Waals surface area contributed by atoms with E-state index in [1.807, 2.05) is 0 Å². The van der Waals surface area contributed by atoms with E-state index in [0.717, 1.165) is 0 Å². The van der Waals surface area contributed by atoms with Crippen LogP contribution in [0.5, 0.6) is 0 Å². The summed E-state index contributed by atoms with van der Waals surface area (Å²) in [6.45, 7) is -0.381. The van der Waals surface area contributed by atoms with Gasteiger partial charge in [-0.3, -0.25) is 0 Å². The van der Waals surface area contributed by atoms with Crippen LogP contribution in [0.15, 0.2) is 0 Å². The van der Waals surface area contributed by atoms with Crippen molar-refractivity contribution in [2.45, 2.75) is 49.8 Å². The lowest BCUT2D eigenvalue weighted by Gasteiger charge is -2.39. The number of carbonyl (C=O) groups is 2. The topological polar surface area (TPSA) is 115 Å². The van der Waals surface area contributed by atoms with Gasteiger partial charge in [-0.05, 0) is 25.0 Å². The van der Waals surface area contributed by atoms with Crippen molar-refractivity contribution in [2.24, 2.45) is 0 Å². The van der Waals surface area contributed by atoms with Crippen LogP contribution in [0.3, 0.4) is 0 Å². The van der Waals surface area contributed by atoms with Crippen molar-refractivity contribution in [3.05, 3.63) is 33.4 Å². The lowest BCUT2D eigenvalue weighted by Crippen LogP contribution is -2.57. The quantitative estimate of drug-likeness (QED) is 0.435. The fourth-order valence-corrected chi connectivity index (χ4v) is 3.33. The molecule has 1 aromatic rings. The van der Waals surface area contributed by atoms with Crippen LogP contribution in [0.25, 0.3) is 0 Å². The van der Waals surface area contributed by atoms with Crippen LogP contribution in [-0.2, 0) is 11.2 Å². The van der Waals surface area contributed by atoms with Gasteiger partial charge in [0.1, 0.15) is 0 Å². The summed E-state index contributed by atoms with van der Waals surface area (Å²) < 4.78 is 160. The van der Waals surface area contributed by atoms with Gasteiger partial charge in [-0.25, -0.2) is 9.59 Å². The van der Waals surface area contributed by atoms with Gasteiger partial charge >= 0.3 is 36.6 Å². The molecule has 0 bridgehead atoms. The minimum absolute atomic E-state index is 0.191. The fourth-order valence-electron chi connectivity index (χ4n) is 3.33. The van der Waals surface area contributed by atoms with Crippen LogP contribution in [0.1, 0.15) is 43.0 Å². The second-order valence-corrected chi connectivity index (χ2v) is 6.77. The smallest absolute Gasteiger partial charge is 0.430 e. The first-order valence-electron chi connectivity index (χ1n) is 8.07. The minimum Gasteiger partial charge on any atom is -0.478 e. The number of benzene rings is 1. The Bertz CT molecular complexity index is 906. The molecule has 194 valence electrons. The van der Waals surface area contributed by atoms with E-state index in [1.54, 1.807) is 0 Å². The number of aliphatic hydroxyl groups is 2. The first-order valence-corrected chi connectivity index (χ1v) is 8.07. The van der Waals surface area contributed by atoms with Crippen molar-refractivity contribution in [2.75, 3.05) is 0 Å². The molecule has 0 atom stereocenters. The molecule has 0 unspecified atom stereocenters. The number of carboxylic acid groups (broad SMARTS) is 2. The van der Waals surface area contributed by atoms with Gasteiger partial charge < -0.3 is 20.4 Å². The van der Waals surface area contributed by atoms with E-state index < -0.39 is 81.2 Å². The number of carboxylic acids is 2. The van der Waals surface area contributed by atoms with Crippen LogP contribution in [-0.4, -0.2) is 57.1 Å². The van der Waals surface area contributed by atoms with Crippen molar-refractivity contribution in [1.29, 1.82) is 0 Å². The van der Waals surface area contributed by atoms with E-state index in [9.17, 15) is 72.5 Å². The van der Waals surface area contributed by atoms with Crippen molar-refractivity contribution in [3.8, 4) is 0 Å². The Morgan fingerprint density at radius 1 is 0.529 bits per heavy atom. The predicted molar refractivity (Wildman–Crippen MR) is 81.8 cm³/mol. The Morgan fingerprint density at radius 3 is 0.824 bits per heavy atom. The maximum atomic E-state index is 13.4. The molecule has 0 aliphatic heterocycles. The zero-order chi connectivity index (χ0) is 27.6. The van der Waals surface area contributed by atoms with Crippen LogP contribution in [0.2, 0.25) is 0 Å². The third kappa shape index (κ3) is 3.91. The number of hydrogen-bond donors (Lipinski definition) is 4. The van der Waals surface area contributed by atoms with Crippen molar-refractivity contribution < 1.29 is 82.7 Å². The zero-order valence-electron chi connectivity index (χ0n) is 16.1. The molecule has 6 nitrogen and oxygen atoms in total. The molecule has 34 heavy (non-hydrogen) atoms. The number of rotatable bonds is 4. The highest BCUT2D eigenvalue weighted by molar-refractivity contribution is 5.99. The molecule has 4 N–H and O–H groups in total. The third-order valence-electron chi connectivity index (χ3n) is 4.79. The molecule has 1 aromatic carbocycles. The van der Waals surface area contributed by atoms with Gasteiger partial charge in [0.2, 0.25) is 0 Å². The largest absolute Gasteiger partial charge is 0.478 e. The number of halogens is 12. The van der Waals surface area contributed by atoms with Gasteiger partial charge in [0.15, 0.2) is 0 Å². The van der Waals surface area contributed by atoms with Crippen LogP contribution >= 0.6 is 0 Å².